The molecule has 0 radical (unpaired) electrons. The van der Waals surface area contributed by atoms with Crippen LogP contribution in [0.3, 0.4) is 0 Å². The number of anilines is 1. The molecule has 0 unspecified atom stereocenters. The predicted molar refractivity (Wildman–Crippen MR) is 63.4 cm³/mol. The monoisotopic (exact) mass is 255 g/mol. The molecule has 6 nitrogen and oxygen atoms in total. The van der Waals surface area contributed by atoms with Crippen LogP contribution in [0.2, 0.25) is 0 Å². The van der Waals surface area contributed by atoms with Crippen molar-refractivity contribution in [1.29, 1.82) is 0 Å². The van der Waals surface area contributed by atoms with E-state index in [1.54, 1.807) is 0 Å². The molecule has 0 aliphatic rings. The second-order valence-electron chi connectivity index (χ2n) is 3.62. The van der Waals surface area contributed by atoms with E-state index in [9.17, 15) is 14.0 Å². The van der Waals surface area contributed by atoms with Crippen molar-refractivity contribution in [3.05, 3.63) is 29.1 Å². The van der Waals surface area contributed by atoms with Gasteiger partial charge < -0.3 is 21.5 Å². The van der Waals surface area contributed by atoms with E-state index in [1.807, 2.05) is 0 Å². The minimum Gasteiger partial charge on any atom is -0.448 e. The van der Waals surface area contributed by atoms with E-state index in [0.717, 1.165) is 0 Å². The summed E-state index contributed by atoms with van der Waals surface area (Å²) < 4.78 is 18.1. The number of carbonyl (C=O) groups is 2. The first-order valence-electron chi connectivity index (χ1n) is 5.18. The summed E-state index contributed by atoms with van der Waals surface area (Å²) in [5.41, 5.74) is 10.7. The molecule has 5 N–H and O–H groups in total. The molecule has 0 aliphatic heterocycles. The van der Waals surface area contributed by atoms with Crippen molar-refractivity contribution in [1.82, 2.24) is 5.32 Å². The number of nitrogen functional groups attached to an aromatic ring is 1. The second-order valence-corrected chi connectivity index (χ2v) is 3.62. The number of amides is 2. The molecule has 18 heavy (non-hydrogen) atoms. The third-order valence-electron chi connectivity index (χ3n) is 2.15. The van der Waals surface area contributed by atoms with Crippen LogP contribution in [-0.2, 0) is 4.74 Å². The number of ether oxygens (including phenoxy) is 1. The van der Waals surface area contributed by atoms with Crippen LogP contribution in [0.5, 0.6) is 0 Å². The summed E-state index contributed by atoms with van der Waals surface area (Å²) in [6.45, 7) is 1.47. The third-order valence-corrected chi connectivity index (χ3v) is 2.15. The number of nitrogens with two attached hydrogens (primary N) is 2. The lowest BCUT2D eigenvalue weighted by Gasteiger charge is -2.08. The van der Waals surface area contributed by atoms with Gasteiger partial charge in [-0.3, -0.25) is 4.79 Å². The van der Waals surface area contributed by atoms with Gasteiger partial charge in [-0.2, -0.15) is 0 Å². The summed E-state index contributed by atoms with van der Waals surface area (Å²) >= 11 is 0. The van der Waals surface area contributed by atoms with E-state index in [-0.39, 0.29) is 24.3 Å². The molecule has 0 aromatic heterocycles. The van der Waals surface area contributed by atoms with Crippen LogP contribution < -0.4 is 16.8 Å². The summed E-state index contributed by atoms with van der Waals surface area (Å²) in [4.78, 5) is 21.9. The smallest absolute Gasteiger partial charge is 0.404 e. The normalized spacial score (nSPS) is 9.89. The Bertz CT molecular complexity index is 477. The van der Waals surface area contributed by atoms with E-state index in [4.69, 9.17) is 11.5 Å². The first-order valence-corrected chi connectivity index (χ1v) is 5.18. The highest BCUT2D eigenvalue weighted by atomic mass is 19.1. The molecule has 2 amide bonds. The minimum atomic E-state index is -0.935. The molecule has 1 aromatic rings. The van der Waals surface area contributed by atoms with Gasteiger partial charge in [-0.25, -0.2) is 9.18 Å². The zero-order valence-electron chi connectivity index (χ0n) is 9.83. The van der Waals surface area contributed by atoms with Crippen LogP contribution >= 0.6 is 0 Å². The van der Waals surface area contributed by atoms with Crippen molar-refractivity contribution < 1.29 is 18.7 Å². The number of hydrogen-bond donors (Lipinski definition) is 3. The molecular formula is C11H14FN3O3. The van der Waals surface area contributed by atoms with E-state index in [1.165, 1.54) is 19.1 Å². The minimum absolute atomic E-state index is 0.0368. The largest absolute Gasteiger partial charge is 0.448 e. The molecule has 98 valence electrons. The van der Waals surface area contributed by atoms with Crippen LogP contribution in [0, 0.1) is 12.7 Å². The highest BCUT2D eigenvalue weighted by Gasteiger charge is 2.14. The Labute approximate surface area is 103 Å². The van der Waals surface area contributed by atoms with Gasteiger partial charge in [-0.15, -0.1) is 0 Å². The van der Waals surface area contributed by atoms with E-state index in [2.05, 4.69) is 10.1 Å². The van der Waals surface area contributed by atoms with E-state index in [0.29, 0.717) is 5.69 Å². The van der Waals surface area contributed by atoms with Gasteiger partial charge in [0, 0.05) is 5.69 Å². The fraction of sp³-hybridized carbons (Fsp3) is 0.273. The van der Waals surface area contributed by atoms with Gasteiger partial charge in [0.05, 0.1) is 12.1 Å². The van der Waals surface area contributed by atoms with Crippen molar-refractivity contribution in [2.45, 2.75) is 6.92 Å². The summed E-state index contributed by atoms with van der Waals surface area (Å²) in [6, 6.07) is 2.68. The Kier molecular flexibility index (Phi) is 4.47. The van der Waals surface area contributed by atoms with Crippen LogP contribution in [-0.4, -0.2) is 25.2 Å². The average molecular weight is 255 g/mol. The maximum absolute atomic E-state index is 13.6. The predicted octanol–water partition coefficient (Wildman–Crippen LogP) is 0.541. The zero-order valence-corrected chi connectivity index (χ0v) is 9.83. The Morgan fingerprint density at radius 1 is 1.44 bits per heavy atom. The zero-order chi connectivity index (χ0) is 13.7. The number of primary amides is 1. The van der Waals surface area contributed by atoms with Crippen molar-refractivity contribution in [2.75, 3.05) is 18.9 Å². The molecular weight excluding hydrogens is 241 g/mol. The van der Waals surface area contributed by atoms with Gasteiger partial charge >= 0.3 is 6.09 Å². The lowest BCUT2D eigenvalue weighted by atomic mass is 10.1. The third kappa shape index (κ3) is 3.62. The number of benzene rings is 1. The van der Waals surface area contributed by atoms with Crippen LogP contribution in [0.1, 0.15) is 15.9 Å². The highest BCUT2D eigenvalue weighted by Crippen LogP contribution is 2.16. The Morgan fingerprint density at radius 2 is 2.11 bits per heavy atom. The number of carbonyl (C=O) groups excluding carboxylic acids is 2. The molecule has 0 spiro atoms. The summed E-state index contributed by atoms with van der Waals surface area (Å²) in [6.07, 6.45) is -0.935. The van der Waals surface area contributed by atoms with Gasteiger partial charge in [0.25, 0.3) is 5.91 Å². The molecule has 0 saturated carbocycles. The van der Waals surface area contributed by atoms with Crippen molar-refractivity contribution >= 4 is 17.7 Å². The van der Waals surface area contributed by atoms with Crippen molar-refractivity contribution in [2.24, 2.45) is 5.73 Å². The Balaban J connectivity index is 2.64. The molecule has 0 atom stereocenters. The number of aryl methyl sites for hydroxylation is 1. The molecule has 0 fully saturated rings. The van der Waals surface area contributed by atoms with Crippen molar-refractivity contribution in [3.8, 4) is 0 Å². The lowest BCUT2D eigenvalue weighted by Crippen LogP contribution is -2.29. The summed E-state index contributed by atoms with van der Waals surface area (Å²) in [7, 11) is 0. The van der Waals surface area contributed by atoms with Crippen LogP contribution in [0.15, 0.2) is 12.1 Å². The van der Waals surface area contributed by atoms with Gasteiger partial charge in [-0.1, -0.05) is 0 Å². The standard InChI is InChI=1S/C11H14FN3O3/c1-6-4-7(13)5-8(9(6)12)10(16)15-2-3-18-11(14)17/h4-5H,2-3,13H2,1H3,(H2,14,17)(H,15,16). The maximum atomic E-state index is 13.6. The van der Waals surface area contributed by atoms with Gasteiger partial charge in [0.2, 0.25) is 0 Å². The fourth-order valence-corrected chi connectivity index (χ4v) is 1.37. The SMILES string of the molecule is Cc1cc(N)cc(C(=O)NCCOC(N)=O)c1F. The number of hydrogen-bond acceptors (Lipinski definition) is 4. The molecule has 7 heteroatoms. The lowest BCUT2D eigenvalue weighted by molar-refractivity contribution is 0.0932. The van der Waals surface area contributed by atoms with Gasteiger partial charge in [0.15, 0.2) is 0 Å². The molecule has 1 aromatic carbocycles. The summed E-state index contributed by atoms with van der Waals surface area (Å²) in [5, 5.41) is 2.38. The Morgan fingerprint density at radius 3 is 2.72 bits per heavy atom. The summed E-state index contributed by atoms with van der Waals surface area (Å²) in [5.74, 6) is -1.26. The number of rotatable bonds is 4. The average Bonchev–Trinajstić information content (AvgIpc) is 2.28. The Hall–Kier alpha value is -2.31. The molecule has 0 aliphatic carbocycles. The van der Waals surface area contributed by atoms with E-state index >= 15 is 0 Å². The first kappa shape index (κ1) is 13.8. The van der Waals surface area contributed by atoms with Gasteiger partial charge in [-0.05, 0) is 24.6 Å². The topological polar surface area (TPSA) is 107 Å². The number of nitrogens with one attached hydrogen (secondary N) is 1. The molecule has 0 saturated heterocycles. The van der Waals surface area contributed by atoms with Crippen molar-refractivity contribution in [3.63, 3.8) is 0 Å². The highest BCUT2D eigenvalue weighted by molar-refractivity contribution is 5.95. The molecule has 0 bridgehead atoms. The van der Waals surface area contributed by atoms with Gasteiger partial charge in [0.1, 0.15) is 12.4 Å². The van der Waals surface area contributed by atoms with E-state index < -0.39 is 17.8 Å². The van der Waals surface area contributed by atoms with Crippen LogP contribution in [0.4, 0.5) is 14.9 Å². The fourth-order valence-electron chi connectivity index (χ4n) is 1.37. The number of halogens is 1. The molecule has 1 rings (SSSR count). The molecule has 0 heterocycles. The second kappa shape index (κ2) is 5.85. The maximum Gasteiger partial charge on any atom is 0.404 e. The first-order chi connectivity index (χ1) is 8.41. The quantitative estimate of drug-likeness (QED) is 0.539. The van der Waals surface area contributed by atoms with Crippen LogP contribution in [0.25, 0.3) is 0 Å².